The summed E-state index contributed by atoms with van der Waals surface area (Å²) in [4.78, 5) is 24.7. The molecule has 2 aliphatic rings. The molecule has 10 rings (SSSR count). The molecule has 6 aromatic carbocycles. The number of rotatable bonds is 5. The zero-order chi connectivity index (χ0) is 33.6. The lowest BCUT2D eigenvalue weighted by atomic mass is 9.60. The Bertz CT molecular complexity index is 2730. The summed E-state index contributed by atoms with van der Waals surface area (Å²) in [7, 11) is 1.50. The average molecular weight is 647 g/mol. The van der Waals surface area contributed by atoms with Gasteiger partial charge in [0, 0.05) is 32.7 Å². The lowest BCUT2D eigenvalue weighted by Gasteiger charge is -2.41. The summed E-state index contributed by atoms with van der Waals surface area (Å²) < 4.78 is 5.56. The van der Waals surface area contributed by atoms with E-state index in [1.165, 1.54) is 34.6 Å². The number of hydrogen-bond donors (Lipinski definition) is 0. The van der Waals surface area contributed by atoms with Crippen molar-refractivity contribution in [3.8, 4) is 22.5 Å². The van der Waals surface area contributed by atoms with Crippen LogP contribution in [0, 0.1) is 0 Å². The molecule has 4 nitrogen and oxygen atoms in total. The molecule has 0 saturated heterocycles. The van der Waals surface area contributed by atoms with E-state index in [2.05, 4.69) is 134 Å². The summed E-state index contributed by atoms with van der Waals surface area (Å²) >= 11 is 0. The summed E-state index contributed by atoms with van der Waals surface area (Å²) in [5, 5.41) is 6.89. The number of nitrogens with zero attached hydrogens (tertiary/aromatic N) is 2. The molecule has 50 heavy (non-hydrogen) atoms. The van der Waals surface area contributed by atoms with Gasteiger partial charge < -0.3 is 4.74 Å². The fourth-order valence-corrected chi connectivity index (χ4v) is 9.46. The number of fused-ring (bicyclic) bond motifs is 12. The van der Waals surface area contributed by atoms with E-state index in [9.17, 15) is 4.79 Å². The van der Waals surface area contributed by atoms with Gasteiger partial charge in [0.1, 0.15) is 0 Å². The van der Waals surface area contributed by atoms with Crippen LogP contribution >= 0.6 is 0 Å². The van der Waals surface area contributed by atoms with Crippen molar-refractivity contribution in [2.45, 2.75) is 37.0 Å². The molecule has 2 unspecified atom stereocenters. The molecule has 240 valence electrons. The summed E-state index contributed by atoms with van der Waals surface area (Å²) in [5.41, 5.74) is 9.77. The van der Waals surface area contributed by atoms with E-state index in [1.807, 2.05) is 6.07 Å². The Labute approximate surface area is 290 Å². The summed E-state index contributed by atoms with van der Waals surface area (Å²) in [6, 6.07) is 47.7. The third kappa shape index (κ3) is 3.85. The van der Waals surface area contributed by atoms with Gasteiger partial charge in [-0.05, 0) is 80.9 Å². The van der Waals surface area contributed by atoms with Gasteiger partial charge >= 0.3 is 5.97 Å². The van der Waals surface area contributed by atoms with Gasteiger partial charge in [0.05, 0.1) is 36.0 Å². The van der Waals surface area contributed by atoms with Gasteiger partial charge in [0.25, 0.3) is 0 Å². The van der Waals surface area contributed by atoms with Crippen LogP contribution in [0.25, 0.3) is 65.9 Å². The fraction of sp³-hybridized carbons (Fsp3) is 0.152. The van der Waals surface area contributed by atoms with Crippen molar-refractivity contribution in [2.24, 2.45) is 0 Å². The second-order valence-electron chi connectivity index (χ2n) is 14.0. The normalized spacial score (nSPS) is 18.7. The molecule has 0 amide bonds. The van der Waals surface area contributed by atoms with Gasteiger partial charge in [0.15, 0.2) is 0 Å². The molecule has 0 fully saturated rings. The van der Waals surface area contributed by atoms with Crippen LogP contribution in [0.1, 0.15) is 48.4 Å². The minimum absolute atomic E-state index is 0.197. The number of pyridine rings is 2. The molecule has 2 aromatic heterocycles. The standard InChI is InChI=1S/C46H34N2O2/c1-3-45(34-22-20-28-12-4-8-16-32(28)41(34)43-36(45)24-30-14-6-10-18-38(30)47-43)27-46(26-40(49)50-2)35-23-21-29-13-5-9-17-33(29)42(35)44-37(46)25-31-15-7-11-19-39(31)48-44/h4-25H,3,26-27H2,1-2H3. The van der Waals surface area contributed by atoms with Crippen LogP contribution in [0.15, 0.2) is 133 Å². The molecule has 0 spiro atoms. The monoisotopic (exact) mass is 646 g/mol. The molecule has 0 radical (unpaired) electrons. The van der Waals surface area contributed by atoms with Crippen LogP contribution in [-0.4, -0.2) is 23.0 Å². The zero-order valence-corrected chi connectivity index (χ0v) is 28.0. The average Bonchev–Trinajstić information content (AvgIpc) is 3.58. The molecule has 0 N–H and O–H groups in total. The predicted octanol–water partition coefficient (Wildman–Crippen LogP) is 10.7. The Morgan fingerprint density at radius 2 is 1.02 bits per heavy atom. The third-order valence-electron chi connectivity index (χ3n) is 11.7. The second-order valence-corrected chi connectivity index (χ2v) is 14.0. The van der Waals surface area contributed by atoms with E-state index < -0.39 is 10.8 Å². The number of methoxy groups -OCH3 is 1. The van der Waals surface area contributed by atoms with Gasteiger partial charge in [0.2, 0.25) is 0 Å². The van der Waals surface area contributed by atoms with Gasteiger partial charge in [-0.25, -0.2) is 9.97 Å². The summed E-state index contributed by atoms with van der Waals surface area (Å²) in [6.07, 6.45) is 1.68. The third-order valence-corrected chi connectivity index (χ3v) is 11.7. The Morgan fingerprint density at radius 3 is 1.54 bits per heavy atom. The van der Waals surface area contributed by atoms with Crippen LogP contribution in [0.3, 0.4) is 0 Å². The predicted molar refractivity (Wildman–Crippen MR) is 202 cm³/mol. The Kier molecular flexibility index (Phi) is 6.14. The van der Waals surface area contributed by atoms with Gasteiger partial charge in [-0.3, -0.25) is 4.79 Å². The van der Waals surface area contributed by atoms with Crippen molar-refractivity contribution in [3.63, 3.8) is 0 Å². The highest BCUT2D eigenvalue weighted by molar-refractivity contribution is 6.05. The highest BCUT2D eigenvalue weighted by Gasteiger charge is 2.55. The first-order valence-electron chi connectivity index (χ1n) is 17.5. The van der Waals surface area contributed by atoms with E-state index in [0.29, 0.717) is 6.42 Å². The van der Waals surface area contributed by atoms with Crippen molar-refractivity contribution in [3.05, 3.63) is 156 Å². The van der Waals surface area contributed by atoms with E-state index in [4.69, 9.17) is 14.7 Å². The highest BCUT2D eigenvalue weighted by Crippen LogP contribution is 2.63. The molecule has 4 heteroatoms. The molecular formula is C46H34N2O2. The zero-order valence-electron chi connectivity index (χ0n) is 28.0. The Morgan fingerprint density at radius 1 is 0.560 bits per heavy atom. The first-order valence-corrected chi connectivity index (χ1v) is 17.5. The first-order chi connectivity index (χ1) is 24.5. The minimum atomic E-state index is -0.731. The fourth-order valence-electron chi connectivity index (χ4n) is 9.46. The Hall–Kier alpha value is -5.87. The van der Waals surface area contributed by atoms with Crippen LogP contribution in [-0.2, 0) is 20.4 Å². The molecular weight excluding hydrogens is 613 g/mol. The van der Waals surface area contributed by atoms with Gasteiger partial charge in [-0.1, -0.05) is 116 Å². The number of aromatic nitrogens is 2. The molecule has 2 atom stereocenters. The van der Waals surface area contributed by atoms with Gasteiger partial charge in [-0.2, -0.15) is 0 Å². The van der Waals surface area contributed by atoms with Crippen LogP contribution in [0.2, 0.25) is 0 Å². The SMILES string of the molecule is CCC1(CC2(CC(=O)OC)c3cc4ccccc4nc3-c3c2ccc2ccccc32)c2cc3ccccc3nc2-c2c1ccc1ccccc21. The number of para-hydroxylation sites is 2. The molecule has 2 aliphatic carbocycles. The summed E-state index contributed by atoms with van der Waals surface area (Å²) in [6.45, 7) is 2.30. The maximum atomic E-state index is 13.9. The largest absolute Gasteiger partial charge is 0.469 e. The van der Waals surface area contributed by atoms with E-state index in [-0.39, 0.29) is 12.4 Å². The van der Waals surface area contributed by atoms with E-state index >= 15 is 0 Å². The quantitative estimate of drug-likeness (QED) is 0.175. The maximum absolute atomic E-state index is 13.9. The van der Waals surface area contributed by atoms with Crippen LogP contribution in [0.5, 0.6) is 0 Å². The second kappa shape index (κ2) is 10.6. The number of carbonyl (C=O) groups excluding carboxylic acids is 1. The lowest BCUT2D eigenvalue weighted by Crippen LogP contribution is -2.39. The van der Waals surface area contributed by atoms with Crippen molar-refractivity contribution < 1.29 is 9.53 Å². The number of esters is 1. The number of carbonyl (C=O) groups is 1. The Balaban J connectivity index is 1.34. The van der Waals surface area contributed by atoms with Crippen molar-refractivity contribution in [1.82, 2.24) is 9.97 Å². The number of ether oxygens (including phenoxy) is 1. The van der Waals surface area contributed by atoms with Crippen molar-refractivity contribution in [1.29, 1.82) is 0 Å². The number of hydrogen-bond acceptors (Lipinski definition) is 4. The molecule has 2 heterocycles. The lowest BCUT2D eigenvalue weighted by molar-refractivity contribution is -0.141. The maximum Gasteiger partial charge on any atom is 0.306 e. The minimum Gasteiger partial charge on any atom is -0.469 e. The van der Waals surface area contributed by atoms with Crippen molar-refractivity contribution >= 4 is 49.3 Å². The molecule has 0 bridgehead atoms. The van der Waals surface area contributed by atoms with Crippen LogP contribution in [0.4, 0.5) is 0 Å². The smallest absolute Gasteiger partial charge is 0.306 e. The highest BCUT2D eigenvalue weighted by atomic mass is 16.5. The van der Waals surface area contributed by atoms with E-state index in [0.717, 1.165) is 67.1 Å². The van der Waals surface area contributed by atoms with E-state index in [1.54, 1.807) is 0 Å². The van der Waals surface area contributed by atoms with Crippen molar-refractivity contribution in [2.75, 3.05) is 7.11 Å². The number of benzene rings is 6. The first kappa shape index (κ1) is 29.1. The molecule has 8 aromatic rings. The van der Waals surface area contributed by atoms with Gasteiger partial charge in [-0.15, -0.1) is 0 Å². The molecule has 0 saturated carbocycles. The van der Waals surface area contributed by atoms with Crippen LogP contribution < -0.4 is 0 Å². The molecule has 0 aliphatic heterocycles. The summed E-state index contributed by atoms with van der Waals surface area (Å²) in [5.74, 6) is -0.232. The topological polar surface area (TPSA) is 52.1 Å².